The minimum Gasteiger partial charge on any atom is -0.339 e. The number of carbonyl (C=O) groups excluding carboxylic acids is 1. The van der Waals surface area contributed by atoms with Crippen LogP contribution in [0.4, 0.5) is 0 Å². The second-order valence-electron chi connectivity index (χ2n) is 6.43. The number of rotatable bonds is 6. The van der Waals surface area contributed by atoms with Crippen LogP contribution in [0.3, 0.4) is 0 Å². The summed E-state index contributed by atoms with van der Waals surface area (Å²) in [5.41, 5.74) is 1.05. The molecular weight excluding hydrogens is 418 g/mol. The number of halogens is 1. The maximum absolute atomic E-state index is 12.5. The number of hydrogen-bond donors (Lipinski definition) is 0. The summed E-state index contributed by atoms with van der Waals surface area (Å²) in [6.45, 7) is 4.37. The number of benzene rings is 1. The number of amides is 1. The maximum Gasteiger partial charge on any atom is 0.232 e. The molecule has 0 unspecified atom stereocenters. The Morgan fingerprint density at radius 2 is 1.93 bits per heavy atom. The molecule has 4 rings (SSSR count). The standard InChI is InChI=1S/C19H20ClN3OS3/c20-17-6-5-14(26-17)11-22-7-9-23(10-8-22)19(24)13-25-12-18-21-15-3-1-2-4-16(15)27-18/h1-6H,7-13H2. The summed E-state index contributed by atoms with van der Waals surface area (Å²) in [7, 11) is 0. The van der Waals surface area contributed by atoms with Gasteiger partial charge in [-0.3, -0.25) is 9.69 Å². The quantitative estimate of drug-likeness (QED) is 0.565. The molecule has 1 amide bonds. The van der Waals surface area contributed by atoms with Crippen LogP contribution in [0.2, 0.25) is 4.34 Å². The minimum absolute atomic E-state index is 0.236. The van der Waals surface area contributed by atoms with Gasteiger partial charge in [-0.25, -0.2) is 4.98 Å². The highest BCUT2D eigenvalue weighted by atomic mass is 35.5. The van der Waals surface area contributed by atoms with Gasteiger partial charge in [0.25, 0.3) is 0 Å². The molecule has 0 N–H and O–H groups in total. The van der Waals surface area contributed by atoms with Crippen LogP contribution in [0.5, 0.6) is 0 Å². The molecule has 1 fully saturated rings. The van der Waals surface area contributed by atoms with Crippen molar-refractivity contribution in [3.05, 3.63) is 50.6 Å². The Morgan fingerprint density at radius 3 is 2.67 bits per heavy atom. The molecule has 0 saturated carbocycles. The van der Waals surface area contributed by atoms with E-state index in [1.165, 1.54) is 9.58 Å². The molecule has 1 aliphatic heterocycles. The molecule has 1 aliphatic rings. The highest BCUT2D eigenvalue weighted by Gasteiger charge is 2.21. The van der Waals surface area contributed by atoms with E-state index in [1.807, 2.05) is 29.2 Å². The average Bonchev–Trinajstić information content (AvgIpc) is 3.27. The van der Waals surface area contributed by atoms with E-state index in [0.29, 0.717) is 5.75 Å². The first kappa shape index (κ1) is 19.2. The van der Waals surface area contributed by atoms with Crippen molar-refractivity contribution >= 4 is 62.2 Å². The molecule has 0 aliphatic carbocycles. The number of thiazole rings is 1. The van der Waals surface area contributed by atoms with Gasteiger partial charge in [-0.1, -0.05) is 23.7 Å². The lowest BCUT2D eigenvalue weighted by Gasteiger charge is -2.34. The first-order valence-electron chi connectivity index (χ1n) is 8.84. The van der Waals surface area contributed by atoms with Gasteiger partial charge in [-0.15, -0.1) is 34.4 Å². The van der Waals surface area contributed by atoms with Gasteiger partial charge >= 0.3 is 0 Å². The number of thiophene rings is 1. The van der Waals surface area contributed by atoms with Crippen LogP contribution in [-0.4, -0.2) is 52.6 Å². The zero-order valence-corrected chi connectivity index (χ0v) is 18.0. The number of piperazine rings is 1. The van der Waals surface area contributed by atoms with Crippen molar-refractivity contribution in [2.45, 2.75) is 12.3 Å². The van der Waals surface area contributed by atoms with E-state index in [2.05, 4.69) is 22.0 Å². The number of hydrogen-bond acceptors (Lipinski definition) is 6. The summed E-state index contributed by atoms with van der Waals surface area (Å²) in [5, 5.41) is 1.09. The zero-order valence-electron chi connectivity index (χ0n) is 14.8. The van der Waals surface area contributed by atoms with Gasteiger partial charge in [0.15, 0.2) is 0 Å². The fourth-order valence-electron chi connectivity index (χ4n) is 3.11. The fraction of sp³-hybridized carbons (Fsp3) is 0.368. The van der Waals surface area contributed by atoms with Crippen LogP contribution in [-0.2, 0) is 17.1 Å². The number of para-hydroxylation sites is 1. The van der Waals surface area contributed by atoms with Gasteiger partial charge in [0.2, 0.25) is 5.91 Å². The lowest BCUT2D eigenvalue weighted by Crippen LogP contribution is -2.48. The molecule has 1 saturated heterocycles. The number of thioether (sulfide) groups is 1. The van der Waals surface area contributed by atoms with Crippen LogP contribution in [0, 0.1) is 0 Å². The van der Waals surface area contributed by atoms with Gasteiger partial charge < -0.3 is 4.90 Å². The summed E-state index contributed by atoms with van der Waals surface area (Å²) in [4.78, 5) is 22.8. The summed E-state index contributed by atoms with van der Waals surface area (Å²) >= 11 is 11.0. The maximum atomic E-state index is 12.5. The van der Waals surface area contributed by atoms with Gasteiger partial charge in [-0.05, 0) is 24.3 Å². The molecule has 0 atom stereocenters. The Labute approximate surface area is 176 Å². The van der Waals surface area contributed by atoms with Crippen LogP contribution in [0.25, 0.3) is 10.2 Å². The van der Waals surface area contributed by atoms with E-state index in [0.717, 1.165) is 53.3 Å². The van der Waals surface area contributed by atoms with E-state index in [4.69, 9.17) is 11.6 Å². The molecule has 142 valence electrons. The summed E-state index contributed by atoms with van der Waals surface area (Å²) in [5.74, 6) is 1.56. The minimum atomic E-state index is 0.236. The van der Waals surface area contributed by atoms with Gasteiger partial charge in [-0.2, -0.15) is 0 Å². The van der Waals surface area contributed by atoms with Crippen LogP contribution in [0.15, 0.2) is 36.4 Å². The fourth-order valence-corrected chi connectivity index (χ4v) is 6.19. The molecule has 0 bridgehead atoms. The summed E-state index contributed by atoms with van der Waals surface area (Å²) < 4.78 is 2.05. The number of carbonyl (C=O) groups is 1. The number of aromatic nitrogens is 1. The number of fused-ring (bicyclic) bond motifs is 1. The predicted molar refractivity (Wildman–Crippen MR) is 117 cm³/mol. The Kier molecular flexibility index (Phi) is 6.35. The lowest BCUT2D eigenvalue weighted by atomic mass is 10.3. The molecule has 2 aromatic heterocycles. The first-order chi connectivity index (χ1) is 13.2. The van der Waals surface area contributed by atoms with Crippen molar-refractivity contribution in [3.63, 3.8) is 0 Å². The van der Waals surface area contributed by atoms with Crippen molar-refractivity contribution in [1.82, 2.24) is 14.8 Å². The molecule has 3 aromatic rings. The summed E-state index contributed by atoms with van der Waals surface area (Å²) in [6, 6.07) is 12.2. The predicted octanol–water partition coefficient (Wildman–Crippen LogP) is 4.59. The van der Waals surface area contributed by atoms with Crippen LogP contribution >= 0.6 is 46.0 Å². The monoisotopic (exact) mass is 437 g/mol. The molecule has 1 aromatic carbocycles. The normalized spacial score (nSPS) is 15.5. The van der Waals surface area contributed by atoms with Gasteiger partial charge in [0.1, 0.15) is 5.01 Å². The third-order valence-electron chi connectivity index (χ3n) is 4.52. The number of nitrogens with zero attached hydrogens (tertiary/aromatic N) is 3. The molecule has 8 heteroatoms. The van der Waals surface area contributed by atoms with Gasteiger partial charge in [0, 0.05) is 43.4 Å². The SMILES string of the molecule is O=C(CSCc1nc2ccccc2s1)N1CCN(Cc2ccc(Cl)s2)CC1. The van der Waals surface area contributed by atoms with Crippen molar-refractivity contribution in [3.8, 4) is 0 Å². The molecule has 0 spiro atoms. The van der Waals surface area contributed by atoms with Gasteiger partial charge in [0.05, 0.1) is 20.3 Å². The Hall–Kier alpha value is -1.12. The molecule has 3 heterocycles. The lowest BCUT2D eigenvalue weighted by molar-refractivity contribution is -0.130. The summed E-state index contributed by atoms with van der Waals surface area (Å²) in [6.07, 6.45) is 0. The van der Waals surface area contributed by atoms with Crippen molar-refractivity contribution < 1.29 is 4.79 Å². The van der Waals surface area contributed by atoms with E-state index in [9.17, 15) is 4.79 Å². The topological polar surface area (TPSA) is 36.4 Å². The third-order valence-corrected chi connectivity index (χ3v) is 7.89. The molecular formula is C19H20ClN3OS3. The highest BCUT2D eigenvalue weighted by molar-refractivity contribution is 7.99. The molecule has 0 radical (unpaired) electrons. The van der Waals surface area contributed by atoms with Crippen LogP contribution in [0.1, 0.15) is 9.88 Å². The average molecular weight is 438 g/mol. The largest absolute Gasteiger partial charge is 0.339 e. The van der Waals surface area contributed by atoms with E-state index in [1.54, 1.807) is 34.4 Å². The second kappa shape index (κ2) is 8.92. The molecule has 27 heavy (non-hydrogen) atoms. The second-order valence-corrected chi connectivity index (χ2v) is 10.3. The highest BCUT2D eigenvalue weighted by Crippen LogP contribution is 2.25. The Balaban J connectivity index is 1.20. The van der Waals surface area contributed by atoms with Crippen molar-refractivity contribution in [1.29, 1.82) is 0 Å². The van der Waals surface area contributed by atoms with E-state index in [-0.39, 0.29) is 5.91 Å². The van der Waals surface area contributed by atoms with Crippen molar-refractivity contribution in [2.75, 3.05) is 31.9 Å². The van der Waals surface area contributed by atoms with E-state index < -0.39 is 0 Å². The zero-order chi connectivity index (χ0) is 18.6. The Morgan fingerprint density at radius 1 is 1.11 bits per heavy atom. The van der Waals surface area contributed by atoms with E-state index >= 15 is 0 Å². The van der Waals surface area contributed by atoms with Crippen LogP contribution < -0.4 is 0 Å². The Bertz CT molecular complexity index is 885. The smallest absolute Gasteiger partial charge is 0.232 e. The first-order valence-corrected chi connectivity index (χ1v) is 12.0. The third kappa shape index (κ3) is 5.03. The molecule has 4 nitrogen and oxygen atoms in total. The van der Waals surface area contributed by atoms with Crippen molar-refractivity contribution in [2.24, 2.45) is 0 Å².